The van der Waals surface area contributed by atoms with Gasteiger partial charge in [-0.05, 0) is 39.0 Å². The molecule has 0 radical (unpaired) electrons. The number of carbonyl (C=O) groups is 2. The summed E-state index contributed by atoms with van der Waals surface area (Å²) in [6.07, 6.45) is 0. The average Bonchev–Trinajstić information content (AvgIpc) is 2.54. The minimum Gasteiger partial charge on any atom is -0.493 e. The molecule has 1 amide bonds. The molecule has 0 unspecified atom stereocenters. The number of hydrogen-bond donors (Lipinski definition) is 0. The van der Waals surface area contributed by atoms with E-state index in [2.05, 4.69) is 0 Å². The molecule has 0 saturated carbocycles. The Bertz CT molecular complexity index is 511. The molecule has 0 aliphatic rings. The zero-order chi connectivity index (χ0) is 16.5. The summed E-state index contributed by atoms with van der Waals surface area (Å²) in [5.74, 6) is 0.280. The second-order valence-corrected chi connectivity index (χ2v) is 4.44. The maximum absolute atomic E-state index is 11.9. The summed E-state index contributed by atoms with van der Waals surface area (Å²) in [6, 6.07) is 4.72. The maximum atomic E-state index is 11.9. The molecule has 0 N–H and O–H groups in total. The largest absolute Gasteiger partial charge is 0.493 e. The van der Waals surface area contributed by atoms with E-state index >= 15 is 0 Å². The molecule has 1 rings (SSSR count). The van der Waals surface area contributed by atoms with Gasteiger partial charge in [-0.2, -0.15) is 0 Å². The third kappa shape index (κ3) is 4.65. The zero-order valence-electron chi connectivity index (χ0n) is 13.5. The van der Waals surface area contributed by atoms with Gasteiger partial charge in [0, 0.05) is 13.1 Å². The quantitative estimate of drug-likeness (QED) is 0.688. The first-order chi connectivity index (χ1) is 10.6. The molecule has 6 nitrogen and oxygen atoms in total. The van der Waals surface area contributed by atoms with Gasteiger partial charge >= 0.3 is 5.97 Å². The molecule has 0 saturated heterocycles. The number of hydrogen-bond acceptors (Lipinski definition) is 5. The smallest absolute Gasteiger partial charge is 0.338 e. The molecule has 1 aromatic carbocycles. The Morgan fingerprint density at radius 3 is 2.32 bits per heavy atom. The van der Waals surface area contributed by atoms with Crippen LogP contribution in [0.4, 0.5) is 0 Å². The van der Waals surface area contributed by atoms with E-state index in [0.717, 1.165) is 0 Å². The summed E-state index contributed by atoms with van der Waals surface area (Å²) in [5, 5.41) is 0. The zero-order valence-corrected chi connectivity index (χ0v) is 13.5. The summed E-state index contributed by atoms with van der Waals surface area (Å²) in [4.78, 5) is 25.3. The van der Waals surface area contributed by atoms with Gasteiger partial charge in [-0.3, -0.25) is 4.79 Å². The van der Waals surface area contributed by atoms with Crippen LogP contribution in [0.1, 0.15) is 31.1 Å². The topological polar surface area (TPSA) is 65.1 Å². The number of likely N-dealkylation sites (N-methyl/N-ethyl adjacent to an activating group) is 1. The Labute approximate surface area is 131 Å². The van der Waals surface area contributed by atoms with Gasteiger partial charge in [0.2, 0.25) is 0 Å². The SMILES string of the molecule is CCOC(=O)c1ccc(OCC(=O)N(CC)CC)c(OC)c1. The van der Waals surface area contributed by atoms with Crippen LogP contribution in [0.5, 0.6) is 11.5 Å². The van der Waals surface area contributed by atoms with E-state index in [-0.39, 0.29) is 12.5 Å². The standard InChI is InChI=1S/C16H23NO5/c1-5-17(6-2)15(18)11-22-13-9-8-12(10-14(13)20-4)16(19)21-7-3/h8-10H,5-7,11H2,1-4H3. The number of rotatable bonds is 8. The van der Waals surface area contributed by atoms with Gasteiger partial charge in [0.05, 0.1) is 19.3 Å². The predicted octanol–water partition coefficient (Wildman–Crippen LogP) is 2.12. The van der Waals surface area contributed by atoms with Gasteiger partial charge in [-0.15, -0.1) is 0 Å². The minimum atomic E-state index is -0.424. The van der Waals surface area contributed by atoms with Gasteiger partial charge in [-0.1, -0.05) is 0 Å². The highest BCUT2D eigenvalue weighted by molar-refractivity contribution is 5.90. The lowest BCUT2D eigenvalue weighted by molar-refractivity contribution is -0.133. The molecule has 0 aliphatic carbocycles. The molecule has 0 fully saturated rings. The van der Waals surface area contributed by atoms with Crippen LogP contribution in [-0.2, 0) is 9.53 Å². The first-order valence-electron chi connectivity index (χ1n) is 7.33. The van der Waals surface area contributed by atoms with Gasteiger partial charge in [0.1, 0.15) is 0 Å². The molecule has 0 bridgehead atoms. The number of ether oxygens (including phenoxy) is 3. The van der Waals surface area contributed by atoms with E-state index in [0.29, 0.717) is 36.8 Å². The van der Waals surface area contributed by atoms with Crippen molar-refractivity contribution in [3.8, 4) is 11.5 Å². The highest BCUT2D eigenvalue weighted by Crippen LogP contribution is 2.28. The van der Waals surface area contributed by atoms with Crippen molar-refractivity contribution in [2.24, 2.45) is 0 Å². The van der Waals surface area contributed by atoms with Crippen molar-refractivity contribution >= 4 is 11.9 Å². The number of amides is 1. The lowest BCUT2D eigenvalue weighted by Gasteiger charge is -2.19. The highest BCUT2D eigenvalue weighted by atomic mass is 16.5. The van der Waals surface area contributed by atoms with Crippen LogP contribution < -0.4 is 9.47 Å². The van der Waals surface area contributed by atoms with Gasteiger partial charge in [-0.25, -0.2) is 4.79 Å². The molecule has 0 aromatic heterocycles. The van der Waals surface area contributed by atoms with Gasteiger partial charge < -0.3 is 19.1 Å². The van der Waals surface area contributed by atoms with E-state index in [4.69, 9.17) is 14.2 Å². The van der Waals surface area contributed by atoms with Crippen LogP contribution in [0.3, 0.4) is 0 Å². The third-order valence-electron chi connectivity index (χ3n) is 3.14. The van der Waals surface area contributed by atoms with Crippen LogP contribution in [0.25, 0.3) is 0 Å². The normalized spacial score (nSPS) is 10.0. The highest BCUT2D eigenvalue weighted by Gasteiger charge is 2.14. The summed E-state index contributed by atoms with van der Waals surface area (Å²) in [5.41, 5.74) is 0.376. The number of esters is 1. The molecule has 1 aromatic rings. The molecule has 6 heteroatoms. The van der Waals surface area contributed by atoms with Crippen LogP contribution in [0.2, 0.25) is 0 Å². The molecule has 22 heavy (non-hydrogen) atoms. The molecular formula is C16H23NO5. The van der Waals surface area contributed by atoms with Crippen LogP contribution in [-0.4, -0.2) is 50.2 Å². The lowest BCUT2D eigenvalue weighted by atomic mass is 10.2. The molecule has 122 valence electrons. The minimum absolute atomic E-state index is 0.0726. The van der Waals surface area contributed by atoms with Crippen molar-refractivity contribution in [2.75, 3.05) is 33.4 Å². The van der Waals surface area contributed by atoms with E-state index < -0.39 is 5.97 Å². The summed E-state index contributed by atoms with van der Waals surface area (Å²) in [6.45, 7) is 7.07. The van der Waals surface area contributed by atoms with Crippen LogP contribution in [0.15, 0.2) is 18.2 Å². The van der Waals surface area contributed by atoms with Crippen molar-refractivity contribution in [3.63, 3.8) is 0 Å². The second kappa shape index (κ2) is 8.92. The molecular weight excluding hydrogens is 286 g/mol. The van der Waals surface area contributed by atoms with Crippen molar-refractivity contribution < 1.29 is 23.8 Å². The van der Waals surface area contributed by atoms with E-state index in [1.807, 2.05) is 13.8 Å². The Morgan fingerprint density at radius 2 is 1.77 bits per heavy atom. The Hall–Kier alpha value is -2.24. The van der Waals surface area contributed by atoms with Crippen molar-refractivity contribution in [2.45, 2.75) is 20.8 Å². The van der Waals surface area contributed by atoms with Crippen molar-refractivity contribution in [3.05, 3.63) is 23.8 Å². The van der Waals surface area contributed by atoms with Gasteiger partial charge in [0.25, 0.3) is 5.91 Å². The fourth-order valence-electron chi connectivity index (χ4n) is 1.94. The summed E-state index contributed by atoms with van der Waals surface area (Å²) < 4.78 is 15.6. The first-order valence-corrected chi connectivity index (χ1v) is 7.33. The van der Waals surface area contributed by atoms with Gasteiger partial charge in [0.15, 0.2) is 18.1 Å². The number of carbonyl (C=O) groups excluding carboxylic acids is 2. The lowest BCUT2D eigenvalue weighted by Crippen LogP contribution is -2.34. The maximum Gasteiger partial charge on any atom is 0.338 e. The monoisotopic (exact) mass is 309 g/mol. The van der Waals surface area contributed by atoms with E-state index in [1.54, 1.807) is 24.0 Å². The summed E-state index contributed by atoms with van der Waals surface area (Å²) in [7, 11) is 1.48. The first kappa shape index (κ1) is 17.8. The van der Waals surface area contributed by atoms with E-state index in [1.165, 1.54) is 13.2 Å². The average molecular weight is 309 g/mol. The summed E-state index contributed by atoms with van der Waals surface area (Å²) >= 11 is 0. The molecule has 0 atom stereocenters. The second-order valence-electron chi connectivity index (χ2n) is 4.44. The van der Waals surface area contributed by atoms with Crippen molar-refractivity contribution in [1.82, 2.24) is 4.90 Å². The molecule has 0 aliphatic heterocycles. The fourth-order valence-corrected chi connectivity index (χ4v) is 1.94. The fraction of sp³-hybridized carbons (Fsp3) is 0.500. The number of nitrogens with zero attached hydrogens (tertiary/aromatic N) is 1. The number of benzene rings is 1. The van der Waals surface area contributed by atoms with Crippen LogP contribution >= 0.6 is 0 Å². The predicted molar refractivity (Wildman–Crippen MR) is 82.4 cm³/mol. The Balaban J connectivity index is 2.79. The molecule has 0 heterocycles. The van der Waals surface area contributed by atoms with Crippen LogP contribution in [0, 0.1) is 0 Å². The van der Waals surface area contributed by atoms with Crippen molar-refractivity contribution in [1.29, 1.82) is 0 Å². The van der Waals surface area contributed by atoms with E-state index in [9.17, 15) is 9.59 Å². The number of methoxy groups -OCH3 is 1. The Kier molecular flexibility index (Phi) is 7.22. The third-order valence-corrected chi connectivity index (χ3v) is 3.14. The molecule has 0 spiro atoms. The Morgan fingerprint density at radius 1 is 1.09 bits per heavy atom.